The number of thiophene rings is 1. The van der Waals surface area contributed by atoms with E-state index >= 15 is 0 Å². The molecule has 0 aromatic carbocycles. The van der Waals surface area contributed by atoms with Gasteiger partial charge in [-0.25, -0.2) is 12.8 Å². The molecule has 2 unspecified atom stereocenters. The maximum Gasteiger partial charge on any atom is 0.162 e. The second kappa shape index (κ2) is 4.28. The number of sulfone groups is 1. The van der Waals surface area contributed by atoms with Crippen LogP contribution in [0.2, 0.25) is 0 Å². The number of rotatable bonds is 1. The first-order chi connectivity index (χ1) is 8.16. The molecule has 8 heteroatoms. The third-order valence-corrected chi connectivity index (χ3v) is 7.11. The highest BCUT2D eigenvalue weighted by atomic mass is 79.9. The van der Waals surface area contributed by atoms with Crippen molar-refractivity contribution in [3.63, 3.8) is 0 Å². The molecule has 1 aromatic heterocycles. The molecule has 1 aliphatic heterocycles. The van der Waals surface area contributed by atoms with Gasteiger partial charge in [0.2, 0.25) is 0 Å². The largest absolute Gasteiger partial charge is 0.386 e. The minimum Gasteiger partial charge on any atom is -0.386 e. The molecule has 1 aliphatic rings. The van der Waals surface area contributed by atoms with Gasteiger partial charge in [-0.05, 0) is 35.8 Å². The Morgan fingerprint density at radius 3 is 2.72 bits per heavy atom. The van der Waals surface area contributed by atoms with Gasteiger partial charge in [0.1, 0.15) is 22.4 Å². The Balaban J connectivity index is 2.60. The maximum absolute atomic E-state index is 13.8. The Kier molecular flexibility index (Phi) is 3.31. The van der Waals surface area contributed by atoms with Crippen LogP contribution in [0.3, 0.4) is 0 Å². The van der Waals surface area contributed by atoms with Crippen molar-refractivity contribution in [2.45, 2.75) is 24.6 Å². The molecule has 1 aromatic rings. The number of hydrogen-bond acceptors (Lipinski definition) is 5. The molecule has 0 aliphatic carbocycles. The van der Waals surface area contributed by atoms with E-state index in [0.29, 0.717) is 3.79 Å². The molecule has 0 amide bonds. The van der Waals surface area contributed by atoms with Crippen LogP contribution in [0.15, 0.2) is 14.8 Å². The van der Waals surface area contributed by atoms with Crippen LogP contribution in [0.4, 0.5) is 4.39 Å². The smallest absolute Gasteiger partial charge is 0.162 e. The van der Waals surface area contributed by atoms with Crippen molar-refractivity contribution in [1.82, 2.24) is 0 Å². The fourth-order valence-corrected chi connectivity index (χ4v) is 5.23. The molecule has 100 valence electrons. The molecule has 18 heavy (non-hydrogen) atoms. The zero-order valence-corrected chi connectivity index (χ0v) is 13.0. The lowest BCUT2D eigenvalue weighted by molar-refractivity contribution is 0.497. The first-order valence-electron chi connectivity index (χ1n) is 5.18. The quantitative estimate of drug-likeness (QED) is 0.838. The van der Waals surface area contributed by atoms with Crippen molar-refractivity contribution in [3.05, 3.63) is 20.5 Å². The van der Waals surface area contributed by atoms with Gasteiger partial charge >= 0.3 is 0 Å². The number of aliphatic imine (C=N–C) groups is 1. The molecular weight excluding hydrogens is 343 g/mol. The number of nitrogens with two attached hydrogens (primary N) is 1. The summed E-state index contributed by atoms with van der Waals surface area (Å²) in [6.07, 6.45) is 0. The molecule has 0 radical (unpaired) electrons. The summed E-state index contributed by atoms with van der Waals surface area (Å²) in [7, 11) is -3.41. The van der Waals surface area contributed by atoms with Crippen molar-refractivity contribution < 1.29 is 12.8 Å². The monoisotopic (exact) mass is 354 g/mol. The Hall–Kier alpha value is -0.470. The summed E-state index contributed by atoms with van der Waals surface area (Å²) in [6.45, 7) is 3.08. The fraction of sp³-hybridized carbons (Fsp3) is 0.500. The molecule has 4 nitrogen and oxygen atoms in total. The third-order valence-electron chi connectivity index (χ3n) is 2.96. The average Bonchev–Trinajstić information content (AvgIpc) is 2.54. The van der Waals surface area contributed by atoms with Gasteiger partial charge in [-0.2, -0.15) is 0 Å². The summed E-state index contributed by atoms with van der Waals surface area (Å²) < 4.78 is 38.4. The van der Waals surface area contributed by atoms with E-state index in [0.717, 1.165) is 11.3 Å². The Labute approximate surface area is 117 Å². The highest BCUT2D eigenvalue weighted by Gasteiger charge is 2.43. The van der Waals surface area contributed by atoms with Gasteiger partial charge in [0.05, 0.1) is 14.4 Å². The van der Waals surface area contributed by atoms with E-state index in [1.54, 1.807) is 6.92 Å². The SMILES string of the molecule is CC1C(N)=NC(C)(c2sc(Br)cc2F)CS1(=O)=O. The van der Waals surface area contributed by atoms with E-state index < -0.39 is 26.4 Å². The predicted octanol–water partition coefficient (Wildman–Crippen LogP) is 2.04. The summed E-state index contributed by atoms with van der Waals surface area (Å²) >= 11 is 4.32. The molecule has 2 N–H and O–H groups in total. The van der Waals surface area contributed by atoms with Gasteiger partial charge in [-0.15, -0.1) is 11.3 Å². The van der Waals surface area contributed by atoms with Crippen LogP contribution >= 0.6 is 27.3 Å². The molecule has 0 spiro atoms. The molecule has 2 heterocycles. The lowest BCUT2D eigenvalue weighted by atomic mass is 10.0. The first-order valence-corrected chi connectivity index (χ1v) is 8.50. The van der Waals surface area contributed by atoms with Crippen molar-refractivity contribution in [1.29, 1.82) is 0 Å². The lowest BCUT2D eigenvalue weighted by Gasteiger charge is -2.31. The predicted molar refractivity (Wildman–Crippen MR) is 74.2 cm³/mol. The van der Waals surface area contributed by atoms with Crippen molar-refractivity contribution in [2.75, 3.05) is 5.75 Å². The summed E-state index contributed by atoms with van der Waals surface area (Å²) in [4.78, 5) is 4.49. The second-order valence-corrected chi connectivity index (χ2v) is 9.24. The minimum absolute atomic E-state index is 0.0349. The van der Waals surface area contributed by atoms with Crippen LogP contribution in [0.5, 0.6) is 0 Å². The number of hydrogen-bond donors (Lipinski definition) is 1. The van der Waals surface area contributed by atoms with Gasteiger partial charge < -0.3 is 5.73 Å². The van der Waals surface area contributed by atoms with E-state index in [-0.39, 0.29) is 16.5 Å². The molecule has 0 saturated heterocycles. The topological polar surface area (TPSA) is 72.5 Å². The summed E-state index contributed by atoms with van der Waals surface area (Å²) in [5.74, 6) is -0.658. The van der Waals surface area contributed by atoms with Gasteiger partial charge in [-0.3, -0.25) is 4.99 Å². The van der Waals surface area contributed by atoms with E-state index in [2.05, 4.69) is 20.9 Å². The van der Waals surface area contributed by atoms with Crippen molar-refractivity contribution in [2.24, 2.45) is 10.7 Å². The van der Waals surface area contributed by atoms with E-state index in [9.17, 15) is 12.8 Å². The number of halogens is 2. The molecule has 2 atom stereocenters. The third kappa shape index (κ3) is 2.21. The normalized spacial score (nSPS) is 31.1. The molecule has 0 fully saturated rings. The van der Waals surface area contributed by atoms with Gasteiger partial charge in [-0.1, -0.05) is 0 Å². The Morgan fingerprint density at radius 1 is 1.67 bits per heavy atom. The van der Waals surface area contributed by atoms with Crippen LogP contribution in [-0.2, 0) is 15.4 Å². The highest BCUT2D eigenvalue weighted by Crippen LogP contribution is 2.40. The fourth-order valence-electron chi connectivity index (χ4n) is 1.93. The van der Waals surface area contributed by atoms with Gasteiger partial charge in [0.15, 0.2) is 9.84 Å². The van der Waals surface area contributed by atoms with Gasteiger partial charge in [0, 0.05) is 0 Å². The zero-order valence-electron chi connectivity index (χ0n) is 9.78. The summed E-state index contributed by atoms with van der Waals surface area (Å²) in [5.41, 5.74) is 4.52. The van der Waals surface area contributed by atoms with Crippen LogP contribution in [0.1, 0.15) is 18.7 Å². The standard InChI is InChI=1S/C10H12BrFN2O2S2/c1-5-9(13)14-10(2,4-18(5,15)16)8-6(12)3-7(11)17-8/h3,5H,4H2,1-2H3,(H2,13,14). The number of nitrogens with zero attached hydrogens (tertiary/aromatic N) is 1. The highest BCUT2D eigenvalue weighted by molar-refractivity contribution is 9.11. The average molecular weight is 355 g/mol. The lowest BCUT2D eigenvalue weighted by Crippen LogP contribution is -2.47. The summed E-state index contributed by atoms with van der Waals surface area (Å²) in [6, 6.07) is 1.31. The molecule has 0 bridgehead atoms. The van der Waals surface area contributed by atoms with Crippen molar-refractivity contribution >= 4 is 42.9 Å². The minimum atomic E-state index is -3.41. The van der Waals surface area contributed by atoms with Crippen LogP contribution < -0.4 is 5.73 Å². The van der Waals surface area contributed by atoms with Crippen LogP contribution in [-0.4, -0.2) is 25.3 Å². The van der Waals surface area contributed by atoms with Crippen molar-refractivity contribution in [3.8, 4) is 0 Å². The zero-order chi connectivity index (χ0) is 13.7. The Morgan fingerprint density at radius 2 is 2.28 bits per heavy atom. The second-order valence-electron chi connectivity index (χ2n) is 4.49. The van der Waals surface area contributed by atoms with E-state index in [1.807, 2.05) is 0 Å². The van der Waals surface area contributed by atoms with E-state index in [4.69, 9.17) is 5.73 Å². The first kappa shape index (κ1) is 14.0. The maximum atomic E-state index is 13.8. The van der Waals surface area contributed by atoms with E-state index in [1.165, 1.54) is 13.0 Å². The molecule has 2 rings (SSSR count). The summed E-state index contributed by atoms with van der Waals surface area (Å²) in [5, 5.41) is -0.808. The van der Waals surface area contributed by atoms with Crippen LogP contribution in [0, 0.1) is 5.82 Å². The van der Waals surface area contributed by atoms with Crippen LogP contribution in [0.25, 0.3) is 0 Å². The molecule has 0 saturated carbocycles. The van der Waals surface area contributed by atoms with Gasteiger partial charge in [0.25, 0.3) is 0 Å². The molecular formula is C10H12BrFN2O2S2. The number of amidine groups is 1. The Bertz CT molecular complexity index is 626.